The SMILES string of the molecule is CCCCCCCC(O)=C1C(=O)CCCC1=O. The largest absolute Gasteiger partial charge is 0.511 e. The van der Waals surface area contributed by atoms with Crippen molar-refractivity contribution in [2.24, 2.45) is 0 Å². The quantitative estimate of drug-likeness (QED) is 0.333. The third-order valence-electron chi connectivity index (χ3n) is 3.17. The minimum Gasteiger partial charge on any atom is -0.511 e. The molecule has 1 fully saturated rings. The van der Waals surface area contributed by atoms with Crippen molar-refractivity contribution >= 4 is 11.6 Å². The van der Waals surface area contributed by atoms with E-state index in [-0.39, 0.29) is 22.9 Å². The average Bonchev–Trinajstić information content (AvgIpc) is 2.28. The molecule has 0 aromatic rings. The van der Waals surface area contributed by atoms with E-state index in [1.54, 1.807) is 0 Å². The lowest BCUT2D eigenvalue weighted by molar-refractivity contribution is -0.124. The van der Waals surface area contributed by atoms with E-state index in [0.29, 0.717) is 25.7 Å². The van der Waals surface area contributed by atoms with Crippen LogP contribution >= 0.6 is 0 Å². The highest BCUT2D eigenvalue weighted by atomic mass is 16.3. The van der Waals surface area contributed by atoms with Crippen LogP contribution in [0.5, 0.6) is 0 Å². The number of Topliss-reactive ketones (excluding diaryl/α,β-unsaturated/α-hetero) is 2. The van der Waals surface area contributed by atoms with Crippen molar-refractivity contribution in [3.8, 4) is 0 Å². The smallest absolute Gasteiger partial charge is 0.169 e. The number of aliphatic hydroxyl groups excluding tert-OH is 1. The van der Waals surface area contributed by atoms with Gasteiger partial charge in [-0.3, -0.25) is 9.59 Å². The Morgan fingerprint density at radius 2 is 1.65 bits per heavy atom. The topological polar surface area (TPSA) is 54.4 Å². The van der Waals surface area contributed by atoms with E-state index in [1.165, 1.54) is 12.8 Å². The molecule has 0 aliphatic heterocycles. The fourth-order valence-electron chi connectivity index (χ4n) is 2.16. The predicted octanol–water partition coefficient (Wildman–Crippen LogP) is 3.48. The Morgan fingerprint density at radius 1 is 1.06 bits per heavy atom. The molecule has 0 heterocycles. The van der Waals surface area contributed by atoms with Gasteiger partial charge < -0.3 is 5.11 Å². The van der Waals surface area contributed by atoms with Gasteiger partial charge in [-0.1, -0.05) is 32.6 Å². The molecule has 0 amide bonds. The van der Waals surface area contributed by atoms with Gasteiger partial charge in [-0.2, -0.15) is 0 Å². The maximum atomic E-state index is 11.5. The van der Waals surface area contributed by atoms with E-state index in [1.807, 2.05) is 0 Å². The van der Waals surface area contributed by atoms with Crippen LogP contribution in [0, 0.1) is 0 Å². The third kappa shape index (κ3) is 4.33. The van der Waals surface area contributed by atoms with Crippen LogP contribution in [0.15, 0.2) is 11.3 Å². The second kappa shape index (κ2) is 7.25. The highest BCUT2D eigenvalue weighted by Gasteiger charge is 2.26. The molecule has 0 bridgehead atoms. The van der Waals surface area contributed by atoms with Crippen molar-refractivity contribution in [1.82, 2.24) is 0 Å². The fraction of sp³-hybridized carbons (Fsp3) is 0.714. The van der Waals surface area contributed by atoms with Gasteiger partial charge in [0.2, 0.25) is 0 Å². The highest BCUT2D eigenvalue weighted by Crippen LogP contribution is 2.21. The summed E-state index contributed by atoms with van der Waals surface area (Å²) >= 11 is 0. The van der Waals surface area contributed by atoms with E-state index in [9.17, 15) is 14.7 Å². The van der Waals surface area contributed by atoms with E-state index in [0.717, 1.165) is 19.3 Å². The first-order chi connectivity index (χ1) is 8.16. The zero-order chi connectivity index (χ0) is 12.7. The first kappa shape index (κ1) is 13.9. The number of allylic oxidation sites excluding steroid dienone is 2. The minimum absolute atomic E-state index is 0.0243. The molecule has 0 unspecified atom stereocenters. The Labute approximate surface area is 103 Å². The first-order valence-electron chi connectivity index (χ1n) is 6.65. The van der Waals surface area contributed by atoms with E-state index in [2.05, 4.69) is 6.92 Å². The number of ketones is 2. The van der Waals surface area contributed by atoms with Crippen molar-refractivity contribution in [3.05, 3.63) is 11.3 Å². The Balaban J connectivity index is 2.45. The minimum atomic E-state index is -0.174. The van der Waals surface area contributed by atoms with Crippen LogP contribution in [0.3, 0.4) is 0 Å². The van der Waals surface area contributed by atoms with Crippen molar-refractivity contribution in [3.63, 3.8) is 0 Å². The lowest BCUT2D eigenvalue weighted by Gasteiger charge is -2.13. The first-order valence-corrected chi connectivity index (χ1v) is 6.65. The van der Waals surface area contributed by atoms with Crippen LogP contribution in [0.25, 0.3) is 0 Å². The molecule has 0 atom stereocenters. The Morgan fingerprint density at radius 3 is 2.24 bits per heavy atom. The molecule has 1 saturated carbocycles. The van der Waals surface area contributed by atoms with Gasteiger partial charge in [-0.25, -0.2) is 0 Å². The van der Waals surface area contributed by atoms with Gasteiger partial charge in [-0.05, 0) is 12.8 Å². The summed E-state index contributed by atoms with van der Waals surface area (Å²) in [6.45, 7) is 2.15. The lowest BCUT2D eigenvalue weighted by Crippen LogP contribution is -2.20. The van der Waals surface area contributed by atoms with E-state index in [4.69, 9.17) is 0 Å². The van der Waals surface area contributed by atoms with Gasteiger partial charge in [0.1, 0.15) is 5.76 Å². The maximum Gasteiger partial charge on any atom is 0.169 e. The van der Waals surface area contributed by atoms with Gasteiger partial charge in [-0.15, -0.1) is 0 Å². The number of carbonyl (C=O) groups is 2. The summed E-state index contributed by atoms with van der Waals surface area (Å²) < 4.78 is 0. The lowest BCUT2D eigenvalue weighted by atomic mass is 9.90. The number of carbonyl (C=O) groups excluding carboxylic acids is 2. The molecule has 0 spiro atoms. The fourth-order valence-corrected chi connectivity index (χ4v) is 2.16. The summed E-state index contributed by atoms with van der Waals surface area (Å²) in [6, 6.07) is 0. The van der Waals surface area contributed by atoms with Crippen molar-refractivity contribution in [2.75, 3.05) is 0 Å². The molecule has 96 valence electrons. The molecule has 3 heteroatoms. The number of hydrogen-bond donors (Lipinski definition) is 1. The second-order valence-electron chi connectivity index (χ2n) is 4.69. The normalized spacial score (nSPS) is 16.4. The number of hydrogen-bond acceptors (Lipinski definition) is 3. The summed E-state index contributed by atoms with van der Waals surface area (Å²) in [6.07, 6.45) is 7.35. The molecule has 1 rings (SSSR count). The predicted molar refractivity (Wildman–Crippen MR) is 66.9 cm³/mol. The highest BCUT2D eigenvalue weighted by molar-refractivity contribution is 6.21. The van der Waals surface area contributed by atoms with Crippen LogP contribution in [-0.4, -0.2) is 16.7 Å². The van der Waals surface area contributed by atoms with Crippen LogP contribution in [-0.2, 0) is 9.59 Å². The van der Waals surface area contributed by atoms with Crippen LogP contribution in [0.1, 0.15) is 64.7 Å². The molecular weight excluding hydrogens is 216 g/mol. The van der Waals surface area contributed by atoms with Crippen LogP contribution < -0.4 is 0 Å². The van der Waals surface area contributed by atoms with Gasteiger partial charge in [0, 0.05) is 19.3 Å². The number of aliphatic hydroxyl groups is 1. The molecule has 17 heavy (non-hydrogen) atoms. The number of rotatable bonds is 6. The van der Waals surface area contributed by atoms with Gasteiger partial charge in [0.25, 0.3) is 0 Å². The zero-order valence-corrected chi connectivity index (χ0v) is 10.6. The zero-order valence-electron chi connectivity index (χ0n) is 10.6. The molecule has 1 N–H and O–H groups in total. The van der Waals surface area contributed by atoms with Crippen LogP contribution in [0.4, 0.5) is 0 Å². The van der Waals surface area contributed by atoms with Crippen molar-refractivity contribution in [1.29, 1.82) is 0 Å². The Kier molecular flexibility index (Phi) is 5.95. The molecule has 3 nitrogen and oxygen atoms in total. The standard InChI is InChI=1S/C14H22O3/c1-2-3-4-5-6-8-11(15)14-12(16)9-7-10-13(14)17/h15H,2-10H2,1H3. The molecule has 1 aliphatic carbocycles. The van der Waals surface area contributed by atoms with Crippen molar-refractivity contribution < 1.29 is 14.7 Å². The maximum absolute atomic E-state index is 11.5. The molecule has 0 aromatic heterocycles. The second-order valence-corrected chi connectivity index (χ2v) is 4.69. The Bertz CT molecular complexity index is 297. The molecule has 0 radical (unpaired) electrons. The molecule has 0 saturated heterocycles. The molecular formula is C14H22O3. The van der Waals surface area contributed by atoms with Gasteiger partial charge in [0.15, 0.2) is 11.6 Å². The van der Waals surface area contributed by atoms with Gasteiger partial charge in [0.05, 0.1) is 5.57 Å². The van der Waals surface area contributed by atoms with E-state index >= 15 is 0 Å². The summed E-state index contributed by atoms with van der Waals surface area (Å²) in [5.41, 5.74) is 0.0896. The van der Waals surface area contributed by atoms with Crippen LogP contribution in [0.2, 0.25) is 0 Å². The average molecular weight is 238 g/mol. The molecule has 1 aliphatic rings. The summed E-state index contributed by atoms with van der Waals surface area (Å²) in [5, 5.41) is 9.81. The summed E-state index contributed by atoms with van der Waals surface area (Å²) in [7, 11) is 0. The summed E-state index contributed by atoms with van der Waals surface area (Å²) in [4.78, 5) is 23.1. The van der Waals surface area contributed by atoms with Gasteiger partial charge >= 0.3 is 0 Å². The summed E-state index contributed by atoms with van der Waals surface area (Å²) in [5.74, 6) is -0.323. The Hall–Kier alpha value is -1.12. The number of unbranched alkanes of at least 4 members (excludes halogenated alkanes) is 4. The monoisotopic (exact) mass is 238 g/mol. The van der Waals surface area contributed by atoms with Crippen molar-refractivity contribution in [2.45, 2.75) is 64.7 Å². The molecule has 0 aromatic carbocycles. The van der Waals surface area contributed by atoms with E-state index < -0.39 is 0 Å². The third-order valence-corrected chi connectivity index (χ3v) is 3.17.